The lowest BCUT2D eigenvalue weighted by Crippen LogP contribution is -2.17. The highest BCUT2D eigenvalue weighted by Crippen LogP contribution is 2.25. The van der Waals surface area contributed by atoms with Crippen molar-refractivity contribution in [3.63, 3.8) is 0 Å². The molecule has 0 unspecified atom stereocenters. The van der Waals surface area contributed by atoms with Crippen LogP contribution in [-0.4, -0.2) is 12.4 Å². The van der Waals surface area contributed by atoms with Crippen molar-refractivity contribution in [1.82, 2.24) is 0 Å². The minimum Gasteiger partial charge on any atom is -0.493 e. The van der Waals surface area contributed by atoms with Crippen molar-refractivity contribution in [3.05, 3.63) is 23.5 Å². The van der Waals surface area contributed by atoms with E-state index in [1.807, 2.05) is 6.08 Å². The molecule has 0 aromatic rings. The highest BCUT2D eigenvalue weighted by Gasteiger charge is 2.21. The van der Waals surface area contributed by atoms with Gasteiger partial charge in [-0.2, -0.15) is 0 Å². The SMILES string of the molecule is O=C1CCOC2=C1CCC=C2. The predicted molar refractivity (Wildman–Crippen MR) is 41.0 cm³/mol. The standard InChI is InChI=1S/C9H10O2/c10-8-5-6-11-9-4-2-1-3-7(8)9/h2,4H,1,3,5-6H2. The Labute approximate surface area is 65.5 Å². The first kappa shape index (κ1) is 6.65. The molecule has 1 aliphatic carbocycles. The number of carbonyl (C=O) groups is 1. The fourth-order valence-corrected chi connectivity index (χ4v) is 1.46. The molecule has 0 radical (unpaired) electrons. The van der Waals surface area contributed by atoms with Crippen LogP contribution in [0.3, 0.4) is 0 Å². The highest BCUT2D eigenvalue weighted by atomic mass is 16.5. The molecule has 0 fully saturated rings. The maximum absolute atomic E-state index is 11.3. The van der Waals surface area contributed by atoms with Crippen LogP contribution in [-0.2, 0) is 9.53 Å². The van der Waals surface area contributed by atoms with Gasteiger partial charge in [-0.15, -0.1) is 0 Å². The minimum absolute atomic E-state index is 0.274. The van der Waals surface area contributed by atoms with Crippen LogP contribution in [0.15, 0.2) is 23.5 Å². The van der Waals surface area contributed by atoms with E-state index >= 15 is 0 Å². The maximum atomic E-state index is 11.3. The Morgan fingerprint density at radius 2 is 2.27 bits per heavy atom. The van der Waals surface area contributed by atoms with Gasteiger partial charge in [0.05, 0.1) is 6.61 Å². The molecule has 0 amide bonds. The van der Waals surface area contributed by atoms with Crippen molar-refractivity contribution >= 4 is 5.78 Å². The number of rotatable bonds is 0. The van der Waals surface area contributed by atoms with Crippen LogP contribution in [0, 0.1) is 0 Å². The molecule has 1 aliphatic heterocycles. The average Bonchev–Trinajstić information content (AvgIpc) is 2.06. The van der Waals surface area contributed by atoms with Gasteiger partial charge < -0.3 is 4.74 Å². The second-order valence-electron chi connectivity index (χ2n) is 2.81. The Kier molecular flexibility index (Phi) is 1.53. The summed E-state index contributed by atoms with van der Waals surface area (Å²) in [6, 6.07) is 0. The van der Waals surface area contributed by atoms with Gasteiger partial charge >= 0.3 is 0 Å². The molecular weight excluding hydrogens is 140 g/mol. The minimum atomic E-state index is 0.274. The third-order valence-corrected chi connectivity index (χ3v) is 2.05. The summed E-state index contributed by atoms with van der Waals surface area (Å²) in [5, 5.41) is 0. The third-order valence-electron chi connectivity index (χ3n) is 2.05. The van der Waals surface area contributed by atoms with Crippen molar-refractivity contribution in [1.29, 1.82) is 0 Å². The Bertz CT molecular complexity index is 248. The molecule has 0 N–H and O–H groups in total. The van der Waals surface area contributed by atoms with Gasteiger partial charge in [0.2, 0.25) is 0 Å². The van der Waals surface area contributed by atoms with Crippen molar-refractivity contribution in [2.75, 3.05) is 6.61 Å². The highest BCUT2D eigenvalue weighted by molar-refractivity contribution is 5.97. The molecule has 2 aliphatic rings. The fourth-order valence-electron chi connectivity index (χ4n) is 1.46. The van der Waals surface area contributed by atoms with E-state index in [-0.39, 0.29) is 5.78 Å². The first-order valence-electron chi connectivity index (χ1n) is 3.93. The lowest BCUT2D eigenvalue weighted by molar-refractivity contribution is -0.117. The molecule has 1 heterocycles. The summed E-state index contributed by atoms with van der Waals surface area (Å²) in [4.78, 5) is 11.3. The Balaban J connectivity index is 2.35. The average molecular weight is 150 g/mol. The summed E-state index contributed by atoms with van der Waals surface area (Å²) in [5.41, 5.74) is 0.902. The van der Waals surface area contributed by atoms with E-state index < -0.39 is 0 Å². The Morgan fingerprint density at radius 1 is 1.36 bits per heavy atom. The van der Waals surface area contributed by atoms with Crippen LogP contribution in [0.4, 0.5) is 0 Å². The van der Waals surface area contributed by atoms with Crippen molar-refractivity contribution in [2.45, 2.75) is 19.3 Å². The fraction of sp³-hybridized carbons (Fsp3) is 0.444. The molecule has 58 valence electrons. The van der Waals surface area contributed by atoms with Gasteiger partial charge in [-0.1, -0.05) is 6.08 Å². The van der Waals surface area contributed by atoms with Crippen LogP contribution >= 0.6 is 0 Å². The van der Waals surface area contributed by atoms with Crippen molar-refractivity contribution < 1.29 is 9.53 Å². The molecule has 0 atom stereocenters. The van der Waals surface area contributed by atoms with Crippen molar-refractivity contribution in [2.24, 2.45) is 0 Å². The van der Waals surface area contributed by atoms with Gasteiger partial charge in [-0.25, -0.2) is 0 Å². The molecule has 2 rings (SSSR count). The van der Waals surface area contributed by atoms with E-state index in [4.69, 9.17) is 4.74 Å². The third kappa shape index (κ3) is 1.09. The monoisotopic (exact) mass is 150 g/mol. The van der Waals surface area contributed by atoms with Crippen LogP contribution < -0.4 is 0 Å². The van der Waals surface area contributed by atoms with E-state index in [2.05, 4.69) is 6.08 Å². The van der Waals surface area contributed by atoms with Gasteiger partial charge in [-0.05, 0) is 18.9 Å². The zero-order chi connectivity index (χ0) is 7.68. The zero-order valence-electron chi connectivity index (χ0n) is 6.30. The molecule has 0 saturated heterocycles. The number of carbonyl (C=O) groups excluding carboxylic acids is 1. The van der Waals surface area contributed by atoms with Crippen LogP contribution in [0.5, 0.6) is 0 Å². The van der Waals surface area contributed by atoms with E-state index in [1.165, 1.54) is 0 Å². The summed E-state index contributed by atoms with van der Waals surface area (Å²) in [7, 11) is 0. The molecule has 11 heavy (non-hydrogen) atoms. The zero-order valence-corrected chi connectivity index (χ0v) is 6.30. The van der Waals surface area contributed by atoms with Crippen LogP contribution in [0.2, 0.25) is 0 Å². The second kappa shape index (κ2) is 2.53. The molecule has 0 aromatic heterocycles. The lowest BCUT2D eigenvalue weighted by Gasteiger charge is -2.20. The summed E-state index contributed by atoms with van der Waals surface area (Å²) in [6.45, 7) is 0.558. The topological polar surface area (TPSA) is 26.3 Å². The first-order chi connectivity index (χ1) is 5.38. The number of allylic oxidation sites excluding steroid dienone is 3. The van der Waals surface area contributed by atoms with Gasteiger partial charge in [0.15, 0.2) is 5.78 Å². The molecule has 2 heteroatoms. The second-order valence-corrected chi connectivity index (χ2v) is 2.81. The summed E-state index contributed by atoms with van der Waals surface area (Å²) in [6.07, 6.45) is 6.37. The van der Waals surface area contributed by atoms with Gasteiger partial charge in [0.1, 0.15) is 5.76 Å². The van der Waals surface area contributed by atoms with Crippen molar-refractivity contribution in [3.8, 4) is 0 Å². The molecule has 2 nitrogen and oxygen atoms in total. The number of ketones is 1. The van der Waals surface area contributed by atoms with Gasteiger partial charge in [0.25, 0.3) is 0 Å². The lowest BCUT2D eigenvalue weighted by atomic mass is 9.96. The van der Waals surface area contributed by atoms with E-state index in [9.17, 15) is 4.79 Å². The number of hydrogen-bond acceptors (Lipinski definition) is 2. The smallest absolute Gasteiger partial charge is 0.165 e. The number of Topliss-reactive ketones (excluding diaryl/α,β-unsaturated/α-hetero) is 1. The molecule has 0 saturated carbocycles. The predicted octanol–water partition coefficient (Wildman–Crippen LogP) is 1.58. The Morgan fingerprint density at radius 3 is 3.09 bits per heavy atom. The normalized spacial score (nSPS) is 23.1. The number of ether oxygens (including phenoxy) is 1. The van der Waals surface area contributed by atoms with Gasteiger partial charge in [0, 0.05) is 12.0 Å². The first-order valence-corrected chi connectivity index (χ1v) is 3.93. The molecule has 0 spiro atoms. The molecular formula is C9H10O2. The van der Waals surface area contributed by atoms with E-state index in [0.717, 1.165) is 24.2 Å². The maximum Gasteiger partial charge on any atom is 0.165 e. The Hall–Kier alpha value is -1.05. The summed E-state index contributed by atoms with van der Waals surface area (Å²) in [5.74, 6) is 1.09. The van der Waals surface area contributed by atoms with Crippen LogP contribution in [0.25, 0.3) is 0 Å². The quantitative estimate of drug-likeness (QED) is 0.524. The van der Waals surface area contributed by atoms with E-state index in [1.54, 1.807) is 0 Å². The molecule has 0 bridgehead atoms. The van der Waals surface area contributed by atoms with Gasteiger partial charge in [-0.3, -0.25) is 4.79 Å². The number of hydrogen-bond donors (Lipinski definition) is 0. The molecule has 0 aromatic carbocycles. The largest absolute Gasteiger partial charge is 0.493 e. The van der Waals surface area contributed by atoms with Crippen LogP contribution in [0.1, 0.15) is 19.3 Å². The summed E-state index contributed by atoms with van der Waals surface area (Å²) < 4.78 is 5.32. The summed E-state index contributed by atoms with van der Waals surface area (Å²) >= 11 is 0. The van der Waals surface area contributed by atoms with E-state index in [0.29, 0.717) is 13.0 Å².